The Morgan fingerprint density at radius 3 is 2.80 bits per heavy atom. The summed E-state index contributed by atoms with van der Waals surface area (Å²) in [4.78, 5) is 14.6. The number of aliphatic hydroxyl groups is 1. The maximum absolute atomic E-state index is 12.0. The molecule has 3 rings (SSSR count). The van der Waals surface area contributed by atoms with Gasteiger partial charge < -0.3 is 15.7 Å². The molecule has 2 unspecified atom stereocenters. The molecule has 140 valence electrons. The Labute approximate surface area is 149 Å². The van der Waals surface area contributed by atoms with E-state index in [4.69, 9.17) is 0 Å². The van der Waals surface area contributed by atoms with Gasteiger partial charge in [0.1, 0.15) is 0 Å². The predicted octanol–water partition coefficient (Wildman–Crippen LogP) is 0.735. The summed E-state index contributed by atoms with van der Waals surface area (Å²) in [6.45, 7) is 2.36. The highest BCUT2D eigenvalue weighted by atomic mass is 16.3. The summed E-state index contributed by atoms with van der Waals surface area (Å²) in [5.41, 5.74) is 0. The molecule has 25 heavy (non-hydrogen) atoms. The topological polar surface area (TPSA) is 95.3 Å². The van der Waals surface area contributed by atoms with Gasteiger partial charge in [-0.1, -0.05) is 24.5 Å². The van der Waals surface area contributed by atoms with Gasteiger partial charge in [-0.05, 0) is 32.2 Å². The lowest BCUT2D eigenvalue weighted by Gasteiger charge is -2.35. The third-order valence-electron chi connectivity index (χ3n) is 5.33. The van der Waals surface area contributed by atoms with E-state index in [1.807, 2.05) is 0 Å². The van der Waals surface area contributed by atoms with Crippen LogP contribution in [-0.4, -0.2) is 68.9 Å². The molecule has 0 radical (unpaired) electrons. The van der Waals surface area contributed by atoms with E-state index in [9.17, 15) is 9.90 Å². The van der Waals surface area contributed by atoms with Gasteiger partial charge in [0.15, 0.2) is 0 Å². The van der Waals surface area contributed by atoms with E-state index in [0.29, 0.717) is 25.2 Å². The first-order chi connectivity index (χ1) is 12.2. The summed E-state index contributed by atoms with van der Waals surface area (Å²) in [5.74, 6) is 0. The molecule has 3 N–H and O–H groups in total. The molecule has 2 aliphatic rings. The quantitative estimate of drug-likeness (QED) is 0.674. The highest BCUT2D eigenvalue weighted by Crippen LogP contribution is 2.28. The van der Waals surface area contributed by atoms with Gasteiger partial charge in [-0.15, -0.1) is 5.10 Å². The molecule has 8 heteroatoms. The molecular weight excluding hydrogens is 320 g/mol. The van der Waals surface area contributed by atoms with Crippen LogP contribution in [0.3, 0.4) is 0 Å². The van der Waals surface area contributed by atoms with Crippen molar-refractivity contribution >= 4 is 6.03 Å². The van der Waals surface area contributed by atoms with Crippen LogP contribution in [0.2, 0.25) is 0 Å². The molecule has 1 aromatic heterocycles. The summed E-state index contributed by atoms with van der Waals surface area (Å²) in [5, 5.41) is 23.1. The Kier molecular flexibility index (Phi) is 6.63. The van der Waals surface area contributed by atoms with E-state index in [1.54, 1.807) is 17.1 Å². The smallest absolute Gasteiger partial charge is 0.314 e. The fourth-order valence-electron chi connectivity index (χ4n) is 4.06. The molecule has 0 spiro atoms. The van der Waals surface area contributed by atoms with Crippen molar-refractivity contribution in [2.24, 2.45) is 0 Å². The Hall–Kier alpha value is -1.67. The summed E-state index contributed by atoms with van der Waals surface area (Å²) >= 11 is 0. The van der Waals surface area contributed by atoms with Crippen molar-refractivity contribution in [3.05, 3.63) is 12.4 Å². The fourth-order valence-corrected chi connectivity index (χ4v) is 4.06. The van der Waals surface area contributed by atoms with Crippen molar-refractivity contribution in [2.75, 3.05) is 19.6 Å². The SMILES string of the molecule is O=C(NCC(O)Cn1ccnn1)NCC1CCCN1C1CCCCC1. The van der Waals surface area contributed by atoms with Gasteiger partial charge in [0.2, 0.25) is 0 Å². The molecule has 2 amide bonds. The van der Waals surface area contributed by atoms with Crippen molar-refractivity contribution in [1.29, 1.82) is 0 Å². The molecule has 1 aliphatic carbocycles. The number of aromatic nitrogens is 3. The minimum absolute atomic E-state index is 0.197. The number of urea groups is 1. The Morgan fingerprint density at radius 1 is 1.20 bits per heavy atom. The van der Waals surface area contributed by atoms with Crippen LogP contribution in [0.25, 0.3) is 0 Å². The van der Waals surface area contributed by atoms with Crippen molar-refractivity contribution < 1.29 is 9.90 Å². The zero-order valence-electron chi connectivity index (χ0n) is 14.8. The zero-order valence-corrected chi connectivity index (χ0v) is 14.8. The standard InChI is InChI=1S/C17H30N6O2/c24-16(13-22-10-8-20-21-22)12-19-17(25)18-11-15-7-4-9-23(15)14-5-2-1-3-6-14/h8,10,14-16,24H,1-7,9,11-13H2,(H2,18,19,25). The van der Waals surface area contributed by atoms with Gasteiger partial charge in [0, 0.05) is 31.4 Å². The van der Waals surface area contributed by atoms with Gasteiger partial charge >= 0.3 is 6.03 Å². The van der Waals surface area contributed by atoms with E-state index < -0.39 is 6.10 Å². The highest BCUT2D eigenvalue weighted by Gasteiger charge is 2.31. The Balaban J connectivity index is 1.35. The van der Waals surface area contributed by atoms with Crippen LogP contribution in [0.15, 0.2) is 12.4 Å². The molecule has 1 aromatic rings. The van der Waals surface area contributed by atoms with Crippen molar-refractivity contribution in [2.45, 2.75) is 69.7 Å². The molecule has 2 atom stereocenters. The number of nitrogens with zero attached hydrogens (tertiary/aromatic N) is 4. The lowest BCUT2D eigenvalue weighted by Crippen LogP contribution is -2.48. The van der Waals surface area contributed by atoms with Gasteiger partial charge in [-0.3, -0.25) is 4.90 Å². The predicted molar refractivity (Wildman–Crippen MR) is 94.0 cm³/mol. The molecule has 2 heterocycles. The van der Waals surface area contributed by atoms with Crippen molar-refractivity contribution in [3.63, 3.8) is 0 Å². The summed E-state index contributed by atoms with van der Waals surface area (Å²) < 4.78 is 1.55. The Morgan fingerprint density at radius 2 is 2.04 bits per heavy atom. The number of hydrogen-bond acceptors (Lipinski definition) is 5. The maximum Gasteiger partial charge on any atom is 0.314 e. The Bertz CT molecular complexity index is 517. The number of nitrogens with one attached hydrogen (secondary N) is 2. The number of likely N-dealkylation sites (tertiary alicyclic amines) is 1. The molecule has 0 bridgehead atoms. The molecule has 0 aromatic carbocycles. The van der Waals surface area contributed by atoms with E-state index in [-0.39, 0.29) is 12.6 Å². The summed E-state index contributed by atoms with van der Waals surface area (Å²) in [7, 11) is 0. The number of rotatable bonds is 7. The van der Waals surface area contributed by atoms with Gasteiger partial charge in [0.25, 0.3) is 0 Å². The first-order valence-electron chi connectivity index (χ1n) is 9.52. The van der Waals surface area contributed by atoms with Crippen LogP contribution in [0.4, 0.5) is 4.79 Å². The first kappa shape index (κ1) is 18.1. The third-order valence-corrected chi connectivity index (χ3v) is 5.33. The number of carbonyl (C=O) groups excluding carboxylic acids is 1. The zero-order chi connectivity index (χ0) is 17.5. The van der Waals surface area contributed by atoms with E-state index in [2.05, 4.69) is 25.8 Å². The van der Waals surface area contributed by atoms with Crippen LogP contribution < -0.4 is 10.6 Å². The minimum atomic E-state index is -0.683. The normalized spacial score (nSPS) is 23.5. The third kappa shape index (κ3) is 5.40. The van der Waals surface area contributed by atoms with E-state index in [0.717, 1.165) is 13.0 Å². The second-order valence-corrected chi connectivity index (χ2v) is 7.20. The lowest BCUT2D eigenvalue weighted by atomic mass is 9.94. The monoisotopic (exact) mass is 350 g/mol. The van der Waals surface area contributed by atoms with Crippen LogP contribution in [-0.2, 0) is 6.54 Å². The number of hydrogen-bond donors (Lipinski definition) is 3. The maximum atomic E-state index is 12.0. The first-order valence-corrected chi connectivity index (χ1v) is 9.52. The number of amides is 2. The number of carbonyl (C=O) groups is 1. The van der Waals surface area contributed by atoms with Crippen LogP contribution >= 0.6 is 0 Å². The van der Waals surface area contributed by atoms with E-state index in [1.165, 1.54) is 38.5 Å². The van der Waals surface area contributed by atoms with Crippen molar-refractivity contribution in [1.82, 2.24) is 30.5 Å². The van der Waals surface area contributed by atoms with Crippen LogP contribution in [0.5, 0.6) is 0 Å². The van der Waals surface area contributed by atoms with Crippen molar-refractivity contribution in [3.8, 4) is 0 Å². The summed E-state index contributed by atoms with van der Waals surface area (Å²) in [6, 6.07) is 0.942. The average Bonchev–Trinajstić information content (AvgIpc) is 3.30. The highest BCUT2D eigenvalue weighted by molar-refractivity contribution is 5.73. The second-order valence-electron chi connectivity index (χ2n) is 7.20. The molecule has 2 fully saturated rings. The fraction of sp³-hybridized carbons (Fsp3) is 0.824. The molecular formula is C17H30N6O2. The lowest BCUT2D eigenvalue weighted by molar-refractivity contribution is 0.137. The molecule has 8 nitrogen and oxygen atoms in total. The van der Waals surface area contributed by atoms with Gasteiger partial charge in [0.05, 0.1) is 18.8 Å². The number of aliphatic hydroxyl groups excluding tert-OH is 1. The van der Waals surface area contributed by atoms with Crippen LogP contribution in [0.1, 0.15) is 44.9 Å². The molecule has 1 saturated carbocycles. The molecule has 1 saturated heterocycles. The van der Waals surface area contributed by atoms with Gasteiger partial charge in [-0.2, -0.15) is 0 Å². The van der Waals surface area contributed by atoms with Gasteiger partial charge in [-0.25, -0.2) is 9.48 Å². The molecule has 1 aliphatic heterocycles. The summed E-state index contributed by atoms with van der Waals surface area (Å²) in [6.07, 6.45) is 11.6. The van der Waals surface area contributed by atoms with E-state index >= 15 is 0 Å². The second kappa shape index (κ2) is 9.15. The largest absolute Gasteiger partial charge is 0.389 e. The van der Waals surface area contributed by atoms with Crippen LogP contribution in [0, 0.1) is 0 Å². The minimum Gasteiger partial charge on any atom is -0.389 e. The average molecular weight is 350 g/mol.